The first kappa shape index (κ1) is 22.6. The largest absolute Gasteiger partial charge is 0.491 e. The Hall–Kier alpha value is -2.65. The van der Waals surface area contributed by atoms with Crippen LogP contribution in [0.15, 0.2) is 53.5 Å². The summed E-state index contributed by atoms with van der Waals surface area (Å²) in [7, 11) is -3.61. The molecule has 0 aromatic heterocycles. The van der Waals surface area contributed by atoms with Gasteiger partial charge in [0.05, 0.1) is 18.4 Å². The molecule has 0 aliphatic heterocycles. The molecular formula is C20H27FN4O3S. The molecule has 2 rings (SSSR count). The average Bonchev–Trinajstić information content (AvgIpc) is 2.63. The highest BCUT2D eigenvalue weighted by Crippen LogP contribution is 2.16. The van der Waals surface area contributed by atoms with E-state index >= 15 is 0 Å². The molecule has 0 radical (unpaired) electrons. The summed E-state index contributed by atoms with van der Waals surface area (Å²) in [4.78, 5) is 4.24. The number of hydrogen-bond donors (Lipinski definition) is 3. The molecule has 0 aliphatic rings. The van der Waals surface area contributed by atoms with Gasteiger partial charge in [-0.05, 0) is 56.2 Å². The van der Waals surface area contributed by atoms with Crippen molar-refractivity contribution in [3.05, 3.63) is 59.9 Å². The lowest BCUT2D eigenvalue weighted by Crippen LogP contribution is -2.33. The van der Waals surface area contributed by atoms with Crippen molar-refractivity contribution in [1.82, 2.24) is 5.32 Å². The summed E-state index contributed by atoms with van der Waals surface area (Å²) in [6, 6.07) is 13.8. The first-order chi connectivity index (χ1) is 13.7. The van der Waals surface area contributed by atoms with E-state index in [-0.39, 0.29) is 24.2 Å². The number of guanidine groups is 1. The summed E-state index contributed by atoms with van der Waals surface area (Å²) in [5.41, 5.74) is 1.33. The number of sulfonamides is 1. The number of aliphatic imine (C=N–C) groups is 1. The highest BCUT2D eigenvalue weighted by atomic mass is 32.2. The van der Waals surface area contributed by atoms with Crippen LogP contribution in [0.4, 0.5) is 10.1 Å². The Morgan fingerprint density at radius 2 is 1.86 bits per heavy atom. The van der Waals surface area contributed by atoms with Gasteiger partial charge in [-0.15, -0.1) is 0 Å². The predicted octanol–water partition coefficient (Wildman–Crippen LogP) is 2.50. The molecule has 0 saturated carbocycles. The van der Waals surface area contributed by atoms with Crippen LogP contribution in [0.1, 0.15) is 19.4 Å². The van der Waals surface area contributed by atoms with Crippen LogP contribution in [0.2, 0.25) is 0 Å². The Kier molecular flexibility index (Phi) is 8.41. The lowest BCUT2D eigenvalue weighted by Gasteiger charge is -2.14. The molecule has 2 aromatic carbocycles. The van der Waals surface area contributed by atoms with Crippen LogP contribution in [0.3, 0.4) is 0 Å². The maximum Gasteiger partial charge on any atom is 0.210 e. The number of ether oxygens (including phenoxy) is 1. The predicted molar refractivity (Wildman–Crippen MR) is 114 cm³/mol. The number of hydrogen-bond acceptors (Lipinski definition) is 4. The molecule has 0 spiro atoms. The van der Waals surface area contributed by atoms with Gasteiger partial charge >= 0.3 is 0 Å². The van der Waals surface area contributed by atoms with Crippen LogP contribution in [0, 0.1) is 5.82 Å². The zero-order chi connectivity index (χ0) is 21.3. The molecule has 0 saturated heterocycles. The summed E-state index contributed by atoms with van der Waals surface area (Å²) in [5.74, 6) is 0.581. The fourth-order valence-electron chi connectivity index (χ4n) is 2.47. The van der Waals surface area contributed by atoms with Crippen LogP contribution < -0.4 is 20.5 Å². The van der Waals surface area contributed by atoms with E-state index < -0.39 is 10.0 Å². The van der Waals surface area contributed by atoms with Gasteiger partial charge in [0.1, 0.15) is 11.6 Å². The number of rotatable bonds is 9. The van der Waals surface area contributed by atoms with E-state index in [1.807, 2.05) is 38.1 Å². The average molecular weight is 423 g/mol. The van der Waals surface area contributed by atoms with Gasteiger partial charge in [-0.3, -0.25) is 4.99 Å². The number of benzene rings is 2. The summed E-state index contributed by atoms with van der Waals surface area (Å²) in [6.45, 7) is 4.31. The van der Waals surface area contributed by atoms with Gasteiger partial charge in [-0.2, -0.15) is 0 Å². The first-order valence-electron chi connectivity index (χ1n) is 9.29. The Bertz CT molecular complexity index is 916. The zero-order valence-corrected chi connectivity index (χ0v) is 17.4. The molecule has 0 heterocycles. The smallest absolute Gasteiger partial charge is 0.210 e. The van der Waals surface area contributed by atoms with E-state index in [0.717, 1.165) is 11.4 Å². The Balaban J connectivity index is 2.02. The van der Waals surface area contributed by atoms with Gasteiger partial charge in [0.2, 0.25) is 10.0 Å². The summed E-state index contributed by atoms with van der Waals surface area (Å²) in [5, 5.41) is 11.2. The van der Waals surface area contributed by atoms with Crippen molar-refractivity contribution in [2.75, 3.05) is 24.2 Å². The molecule has 2 aromatic rings. The minimum absolute atomic E-state index is 0.00239. The van der Waals surface area contributed by atoms with Crippen molar-refractivity contribution in [1.29, 1.82) is 0 Å². The van der Waals surface area contributed by atoms with E-state index in [2.05, 4.69) is 15.6 Å². The van der Waals surface area contributed by atoms with Crippen molar-refractivity contribution >= 4 is 21.7 Å². The third kappa shape index (κ3) is 8.93. The zero-order valence-electron chi connectivity index (χ0n) is 16.6. The second-order valence-electron chi connectivity index (χ2n) is 6.68. The molecular weight excluding hydrogens is 395 g/mol. The molecule has 158 valence electrons. The molecule has 0 aliphatic carbocycles. The van der Waals surface area contributed by atoms with E-state index in [0.29, 0.717) is 24.5 Å². The highest BCUT2D eigenvalue weighted by molar-refractivity contribution is 7.89. The number of nitrogens with zero attached hydrogens (tertiary/aromatic N) is 1. The van der Waals surface area contributed by atoms with Crippen LogP contribution in [0.25, 0.3) is 0 Å². The van der Waals surface area contributed by atoms with Gasteiger partial charge in [-0.1, -0.05) is 18.2 Å². The monoisotopic (exact) mass is 422 g/mol. The maximum absolute atomic E-state index is 13.8. The minimum atomic E-state index is -3.61. The number of anilines is 1. The normalized spacial score (nSPS) is 12.1. The number of nitrogens with two attached hydrogens (primary N) is 1. The third-order valence-corrected chi connectivity index (χ3v) is 4.53. The summed E-state index contributed by atoms with van der Waals surface area (Å²) in [6.07, 6.45) is 0.521. The quantitative estimate of drug-likeness (QED) is 0.425. The topological polar surface area (TPSA) is 106 Å². The summed E-state index contributed by atoms with van der Waals surface area (Å²) >= 11 is 0. The summed E-state index contributed by atoms with van der Waals surface area (Å²) < 4.78 is 41.7. The van der Waals surface area contributed by atoms with Gasteiger partial charge in [0.25, 0.3) is 0 Å². The van der Waals surface area contributed by atoms with E-state index in [4.69, 9.17) is 9.88 Å². The van der Waals surface area contributed by atoms with Crippen LogP contribution in [-0.4, -0.2) is 39.3 Å². The second-order valence-corrected chi connectivity index (χ2v) is 8.42. The molecule has 7 nitrogen and oxygen atoms in total. The fourth-order valence-corrected chi connectivity index (χ4v) is 2.81. The maximum atomic E-state index is 13.8. The standard InChI is InChI=1S/C20H27FN4O3S/c1-15(2)28-18-9-7-17(8-10-18)25-20(24-13-14-29(22,26)27)23-12-11-16-5-3-4-6-19(16)21/h3-10,15H,11-14H2,1-2H3,(H2,22,26,27)(H2,23,24,25). The molecule has 4 N–H and O–H groups in total. The van der Waals surface area contributed by atoms with Crippen molar-refractivity contribution in [3.8, 4) is 5.75 Å². The molecule has 0 bridgehead atoms. The van der Waals surface area contributed by atoms with Gasteiger partial charge in [-0.25, -0.2) is 17.9 Å². The Morgan fingerprint density at radius 3 is 2.48 bits per heavy atom. The fraction of sp³-hybridized carbons (Fsp3) is 0.350. The van der Waals surface area contributed by atoms with Crippen LogP contribution in [0.5, 0.6) is 5.75 Å². The van der Waals surface area contributed by atoms with Gasteiger partial charge < -0.3 is 15.4 Å². The van der Waals surface area contributed by atoms with Crippen molar-refractivity contribution in [3.63, 3.8) is 0 Å². The molecule has 0 atom stereocenters. The van der Waals surface area contributed by atoms with Crippen LogP contribution in [-0.2, 0) is 16.4 Å². The second kappa shape index (κ2) is 10.8. The third-order valence-electron chi connectivity index (χ3n) is 3.78. The molecule has 9 heteroatoms. The Morgan fingerprint density at radius 1 is 1.17 bits per heavy atom. The van der Waals surface area contributed by atoms with Gasteiger partial charge in [0.15, 0.2) is 5.96 Å². The van der Waals surface area contributed by atoms with E-state index in [1.54, 1.807) is 18.2 Å². The Labute approximate surface area is 171 Å². The van der Waals surface area contributed by atoms with E-state index in [9.17, 15) is 12.8 Å². The molecule has 0 amide bonds. The lowest BCUT2D eigenvalue weighted by atomic mass is 10.1. The lowest BCUT2D eigenvalue weighted by molar-refractivity contribution is 0.242. The molecule has 0 fully saturated rings. The van der Waals surface area contributed by atoms with Crippen molar-refractivity contribution in [2.45, 2.75) is 26.4 Å². The van der Waals surface area contributed by atoms with Crippen molar-refractivity contribution in [2.24, 2.45) is 10.1 Å². The van der Waals surface area contributed by atoms with Gasteiger partial charge in [0, 0.05) is 12.2 Å². The van der Waals surface area contributed by atoms with Crippen molar-refractivity contribution < 1.29 is 17.5 Å². The number of halogens is 1. The first-order valence-corrected chi connectivity index (χ1v) is 11.0. The number of nitrogens with one attached hydrogen (secondary N) is 2. The molecule has 29 heavy (non-hydrogen) atoms. The minimum Gasteiger partial charge on any atom is -0.491 e. The molecule has 0 unspecified atom stereocenters. The van der Waals surface area contributed by atoms with E-state index in [1.165, 1.54) is 6.07 Å². The number of primary sulfonamides is 1. The van der Waals surface area contributed by atoms with Crippen LogP contribution >= 0.6 is 0 Å². The highest BCUT2D eigenvalue weighted by Gasteiger charge is 2.06. The SMILES string of the molecule is CC(C)Oc1ccc(NC(=NCCS(N)(=O)=O)NCCc2ccccc2F)cc1.